The van der Waals surface area contributed by atoms with E-state index in [4.69, 9.17) is 21.7 Å². The molecule has 5 rings (SSSR count). The van der Waals surface area contributed by atoms with Crippen molar-refractivity contribution in [2.45, 2.75) is 66.9 Å². The van der Waals surface area contributed by atoms with E-state index in [0.29, 0.717) is 16.5 Å². The van der Waals surface area contributed by atoms with Crippen molar-refractivity contribution >= 4 is 46.3 Å². The summed E-state index contributed by atoms with van der Waals surface area (Å²) in [4.78, 5) is 13.5. The lowest BCUT2D eigenvalue weighted by Crippen LogP contribution is -2.41. The molecule has 3 aromatic rings. The van der Waals surface area contributed by atoms with Gasteiger partial charge in [0.05, 0.1) is 16.0 Å². The molecule has 0 amide bonds. The number of halogens is 1. The van der Waals surface area contributed by atoms with Crippen molar-refractivity contribution in [3.63, 3.8) is 0 Å². The van der Waals surface area contributed by atoms with Gasteiger partial charge in [0.25, 0.3) is 0 Å². The van der Waals surface area contributed by atoms with Gasteiger partial charge >= 0.3 is 0 Å². The van der Waals surface area contributed by atoms with E-state index < -0.39 is 11.4 Å². The van der Waals surface area contributed by atoms with E-state index in [1.807, 2.05) is 38.5 Å². The Kier molecular flexibility index (Phi) is 6.71. The summed E-state index contributed by atoms with van der Waals surface area (Å²) in [5.41, 5.74) is 1.25. The molecule has 0 radical (unpaired) electrons. The van der Waals surface area contributed by atoms with Gasteiger partial charge in [0.2, 0.25) is 5.95 Å². The Hall–Kier alpha value is -1.59. The van der Waals surface area contributed by atoms with Gasteiger partial charge in [0.1, 0.15) is 4.75 Å². The molecule has 0 bridgehead atoms. The number of fused-ring (bicyclic) bond motifs is 1. The maximum atomic E-state index is 11.9. The highest BCUT2D eigenvalue weighted by Crippen LogP contribution is 2.51. The molecule has 1 spiro atoms. The van der Waals surface area contributed by atoms with Crippen molar-refractivity contribution < 1.29 is 4.55 Å². The van der Waals surface area contributed by atoms with Crippen LogP contribution in [-0.4, -0.2) is 47.0 Å². The number of rotatable bonds is 6. The van der Waals surface area contributed by atoms with Gasteiger partial charge in [-0.3, -0.25) is 4.40 Å². The van der Waals surface area contributed by atoms with Crippen LogP contribution in [0.15, 0.2) is 40.6 Å². The average molecular weight is 520 g/mol. The highest BCUT2D eigenvalue weighted by Gasteiger charge is 2.44. The second-order valence-corrected chi connectivity index (χ2v) is 13.3. The summed E-state index contributed by atoms with van der Waals surface area (Å²) in [5, 5.41) is 13.8. The molecular weight excluding hydrogens is 490 g/mol. The monoisotopic (exact) mass is 519 g/mol. The van der Waals surface area contributed by atoms with E-state index in [9.17, 15) is 4.55 Å². The van der Waals surface area contributed by atoms with Crippen LogP contribution in [0.3, 0.4) is 0 Å². The van der Waals surface area contributed by atoms with Crippen molar-refractivity contribution in [1.29, 1.82) is 0 Å². The van der Waals surface area contributed by atoms with Crippen molar-refractivity contribution in [2.24, 2.45) is 16.5 Å². The van der Waals surface area contributed by atoms with Crippen LogP contribution in [0, 0.1) is 11.3 Å². The summed E-state index contributed by atoms with van der Waals surface area (Å²) in [7, 11) is 0. The van der Waals surface area contributed by atoms with Gasteiger partial charge in [-0.05, 0) is 63.4 Å². The predicted octanol–water partition coefficient (Wildman–Crippen LogP) is 4.50. The van der Waals surface area contributed by atoms with Crippen LogP contribution in [0.1, 0.15) is 52.4 Å². The molecule has 1 unspecified atom stereocenters. The van der Waals surface area contributed by atoms with Gasteiger partial charge < -0.3 is 9.45 Å². The van der Waals surface area contributed by atoms with Gasteiger partial charge in [0, 0.05) is 49.5 Å². The second-order valence-electron chi connectivity index (χ2n) is 10.2. The topological polar surface area (TPSA) is 108 Å². The summed E-state index contributed by atoms with van der Waals surface area (Å²) < 4.78 is 13.7. The zero-order valence-corrected chi connectivity index (χ0v) is 21.9. The highest BCUT2D eigenvalue weighted by molar-refractivity contribution is 7.99. The van der Waals surface area contributed by atoms with E-state index in [-0.39, 0.29) is 4.75 Å². The lowest BCUT2D eigenvalue weighted by molar-refractivity contribution is 0.212. The summed E-state index contributed by atoms with van der Waals surface area (Å²) in [6.07, 6.45) is 14.2. The van der Waals surface area contributed by atoms with Gasteiger partial charge in [0.15, 0.2) is 10.8 Å². The fraction of sp³-hybridized carbons (Fsp3) is 0.565. The normalized spacial score (nSPS) is 21.4. The van der Waals surface area contributed by atoms with E-state index in [1.165, 1.54) is 31.0 Å². The number of anilines is 1. The van der Waals surface area contributed by atoms with Crippen molar-refractivity contribution in [2.75, 3.05) is 18.0 Å². The Morgan fingerprint density at radius 3 is 2.76 bits per heavy atom. The highest BCUT2D eigenvalue weighted by atomic mass is 35.5. The molecule has 1 saturated heterocycles. The Morgan fingerprint density at radius 2 is 2.03 bits per heavy atom. The van der Waals surface area contributed by atoms with Crippen LogP contribution < -0.4 is 10.0 Å². The number of piperidine rings is 1. The minimum atomic E-state index is -1.29. The molecule has 2 N–H and O–H groups in total. The van der Waals surface area contributed by atoms with E-state index in [0.717, 1.165) is 53.7 Å². The van der Waals surface area contributed by atoms with Crippen LogP contribution in [0.2, 0.25) is 5.15 Å². The number of hydrogen-bond acceptors (Lipinski definition) is 8. The van der Waals surface area contributed by atoms with E-state index in [1.54, 1.807) is 6.20 Å². The first kappa shape index (κ1) is 24.1. The van der Waals surface area contributed by atoms with Crippen LogP contribution in [-0.2, 0) is 11.4 Å². The standard InChI is InChI=1S/C23H30ClN7OS2/c1-22(2,34(25)32)13-16-3-5-23(14-16)6-10-30(11-7-23)21-27-15-18(20-26-9-12-31(20)21)33-17-4-8-28-29-19(17)24/h4,8-9,12,15-16H,3,5-7,10-11,13-14,25H2,1-2H3/t16?,34-/m1/s1. The SMILES string of the molecule is CC(C)(CC1CCC2(CCN(c3ncc(Sc4ccnnc4Cl)c4nccn34)CC2)C1)[S@+](N)[O-]. The fourth-order valence-corrected chi connectivity index (χ4v) is 7.06. The number of nitrogens with two attached hydrogens (primary N) is 1. The predicted molar refractivity (Wildman–Crippen MR) is 136 cm³/mol. The average Bonchev–Trinajstić information content (AvgIpc) is 3.44. The molecule has 2 fully saturated rings. The first-order valence-corrected chi connectivity index (χ1v) is 14.1. The summed E-state index contributed by atoms with van der Waals surface area (Å²) in [6.45, 7) is 6.01. The van der Waals surface area contributed by atoms with E-state index in [2.05, 4.69) is 24.5 Å². The molecule has 182 valence electrons. The van der Waals surface area contributed by atoms with Crippen LogP contribution in [0.25, 0.3) is 5.65 Å². The third-order valence-corrected chi connectivity index (χ3v) is 10.2. The van der Waals surface area contributed by atoms with Gasteiger partial charge in [-0.15, -0.1) is 5.10 Å². The first-order valence-electron chi connectivity index (χ1n) is 11.6. The second kappa shape index (κ2) is 9.46. The molecule has 8 nitrogen and oxygen atoms in total. The molecule has 1 aliphatic heterocycles. The minimum absolute atomic E-state index is 0.315. The lowest BCUT2D eigenvalue weighted by atomic mass is 9.76. The summed E-state index contributed by atoms with van der Waals surface area (Å²) in [5.74, 6) is 1.54. The number of aromatic nitrogens is 5. The maximum Gasteiger partial charge on any atom is 0.211 e. The molecule has 2 atom stereocenters. The molecule has 1 aliphatic carbocycles. The number of nitrogens with zero attached hydrogens (tertiary/aromatic N) is 6. The maximum absolute atomic E-state index is 11.9. The Morgan fingerprint density at radius 1 is 1.24 bits per heavy atom. The quantitative estimate of drug-likeness (QED) is 0.474. The van der Waals surface area contributed by atoms with Gasteiger partial charge in [-0.1, -0.05) is 23.4 Å². The van der Waals surface area contributed by atoms with Gasteiger partial charge in [-0.2, -0.15) is 10.2 Å². The Bertz CT molecular complexity index is 1160. The number of imidazole rings is 1. The molecule has 34 heavy (non-hydrogen) atoms. The van der Waals surface area contributed by atoms with Crippen LogP contribution in [0.5, 0.6) is 0 Å². The molecule has 4 heterocycles. The fourth-order valence-electron chi connectivity index (χ4n) is 5.60. The first-order chi connectivity index (χ1) is 16.3. The third kappa shape index (κ3) is 4.75. The van der Waals surface area contributed by atoms with Crippen LogP contribution >= 0.6 is 23.4 Å². The zero-order chi connectivity index (χ0) is 23.9. The van der Waals surface area contributed by atoms with Crippen molar-refractivity contribution in [3.05, 3.63) is 36.0 Å². The van der Waals surface area contributed by atoms with E-state index >= 15 is 0 Å². The third-order valence-electron chi connectivity index (χ3n) is 7.47. The van der Waals surface area contributed by atoms with Crippen molar-refractivity contribution in [3.8, 4) is 0 Å². The Balaban J connectivity index is 1.28. The minimum Gasteiger partial charge on any atom is -0.598 e. The molecule has 11 heteroatoms. The summed E-state index contributed by atoms with van der Waals surface area (Å²) in [6, 6.07) is 1.85. The number of hydrogen-bond donors (Lipinski definition) is 1. The largest absolute Gasteiger partial charge is 0.598 e. The summed E-state index contributed by atoms with van der Waals surface area (Å²) >= 11 is 6.41. The molecular formula is C23H30ClN7OS2. The molecule has 2 aliphatic rings. The smallest absolute Gasteiger partial charge is 0.211 e. The van der Waals surface area contributed by atoms with Gasteiger partial charge in [-0.25, -0.2) is 9.97 Å². The van der Waals surface area contributed by atoms with Crippen molar-refractivity contribution in [1.82, 2.24) is 24.6 Å². The lowest BCUT2D eigenvalue weighted by Gasteiger charge is -2.40. The zero-order valence-electron chi connectivity index (χ0n) is 19.5. The Labute approximate surface area is 212 Å². The van der Waals surface area contributed by atoms with Crippen LogP contribution in [0.4, 0.5) is 5.95 Å². The molecule has 1 saturated carbocycles. The molecule has 3 aromatic heterocycles. The molecule has 0 aromatic carbocycles.